The molecule has 4 heterocycles. The van der Waals surface area contributed by atoms with E-state index in [1.807, 2.05) is 24.3 Å². The van der Waals surface area contributed by atoms with Crippen LogP contribution in [-0.2, 0) is 54.5 Å². The number of ether oxygens (including phenoxy) is 8. The van der Waals surface area contributed by atoms with Crippen LogP contribution < -0.4 is 81.3 Å². The smallest absolute Gasteiger partial charge is 0.224 e. The van der Waals surface area contributed by atoms with Gasteiger partial charge in [-0.15, -0.1) is 0 Å². The molecule has 468 valence electrons. The molecule has 1 aliphatic carbocycles. The summed E-state index contributed by atoms with van der Waals surface area (Å²) in [5.74, 6) is 2.04. The first-order valence-corrected chi connectivity index (χ1v) is 30.5. The highest BCUT2D eigenvalue weighted by Gasteiger charge is 2.32. The first-order valence-electron chi connectivity index (χ1n) is 30.5. The van der Waals surface area contributed by atoms with Crippen molar-refractivity contribution in [3.8, 4) is 92.0 Å². The molecule has 0 atom stereocenters. The van der Waals surface area contributed by atoms with Crippen molar-refractivity contribution in [1.82, 2.24) is 0 Å². The highest BCUT2D eigenvalue weighted by atomic mass is 16.5. The molecular formula is C70H64N8O14. The van der Waals surface area contributed by atoms with Gasteiger partial charge >= 0.3 is 0 Å². The normalized spacial score (nSPS) is 12.9. The number of nitrogens with two attached hydrogens (primary N) is 2. The highest BCUT2D eigenvalue weighted by Crippen LogP contribution is 2.55. The second-order valence-electron chi connectivity index (χ2n) is 22.7. The summed E-state index contributed by atoms with van der Waals surface area (Å²) in [5.41, 5.74) is 20.4. The number of anilines is 8. The fraction of sp³-hybridized carbons (Fsp3) is 0.229. The van der Waals surface area contributed by atoms with Crippen molar-refractivity contribution in [2.45, 2.75) is 106 Å². The maximum absolute atomic E-state index is 13.3. The molecule has 8 bridgehead atoms. The maximum atomic E-state index is 13.3. The molecule has 4 aliphatic heterocycles. The summed E-state index contributed by atoms with van der Waals surface area (Å²) in [4.78, 5) is 79.5. The molecule has 0 saturated carbocycles. The summed E-state index contributed by atoms with van der Waals surface area (Å²) in [6.07, 6.45) is 1.51. The van der Waals surface area contributed by atoms with Crippen molar-refractivity contribution in [2.24, 2.45) is 0 Å². The lowest BCUT2D eigenvalue weighted by molar-refractivity contribution is -0.116. The lowest BCUT2D eigenvalue weighted by Gasteiger charge is -2.20. The van der Waals surface area contributed by atoms with Crippen LogP contribution in [0.2, 0.25) is 0 Å². The minimum atomic E-state index is -0.334. The molecule has 8 aromatic rings. The first kappa shape index (κ1) is 59.5. The van der Waals surface area contributed by atoms with Gasteiger partial charge in [0, 0.05) is 137 Å². The molecule has 0 spiro atoms. The average molecular weight is 1240 g/mol. The third-order valence-electron chi connectivity index (χ3n) is 16.2. The van der Waals surface area contributed by atoms with Crippen molar-refractivity contribution in [3.63, 3.8) is 0 Å². The minimum Gasteiger partial charge on any atom is -0.453 e. The Balaban J connectivity index is 1.12. The van der Waals surface area contributed by atoms with E-state index in [4.69, 9.17) is 49.4 Å². The molecule has 0 radical (unpaired) electrons. The fourth-order valence-corrected chi connectivity index (χ4v) is 11.2. The second-order valence-corrected chi connectivity index (χ2v) is 22.7. The van der Waals surface area contributed by atoms with Crippen LogP contribution in [0.4, 0.5) is 45.5 Å². The molecule has 0 fully saturated rings. The Morgan fingerprint density at radius 2 is 0.402 bits per heavy atom. The Kier molecular flexibility index (Phi) is 15.6. The van der Waals surface area contributed by atoms with Gasteiger partial charge in [0.15, 0.2) is 46.0 Å². The number of fused-ring (bicyclic) bond motifs is 4. The van der Waals surface area contributed by atoms with E-state index in [1.165, 1.54) is 0 Å². The number of carbonyl (C=O) groups excluding carboxylic acids is 6. The van der Waals surface area contributed by atoms with Crippen molar-refractivity contribution < 1.29 is 66.7 Å². The van der Waals surface area contributed by atoms with Crippen LogP contribution in [-0.4, -0.2) is 35.4 Å². The minimum absolute atomic E-state index is 0.121. The predicted molar refractivity (Wildman–Crippen MR) is 346 cm³/mol. The van der Waals surface area contributed by atoms with E-state index in [0.717, 1.165) is 0 Å². The van der Waals surface area contributed by atoms with Crippen molar-refractivity contribution in [2.75, 3.05) is 43.4 Å². The molecule has 5 aliphatic rings. The van der Waals surface area contributed by atoms with Crippen LogP contribution in [0.25, 0.3) is 0 Å². The largest absolute Gasteiger partial charge is 0.453 e. The third-order valence-corrected chi connectivity index (χ3v) is 16.2. The number of hydrogen-bond donors (Lipinski definition) is 8. The van der Waals surface area contributed by atoms with Crippen molar-refractivity contribution in [3.05, 3.63) is 142 Å². The van der Waals surface area contributed by atoms with Crippen LogP contribution in [0.3, 0.4) is 0 Å². The molecule has 10 N–H and O–H groups in total. The van der Waals surface area contributed by atoms with Crippen LogP contribution in [0.1, 0.15) is 125 Å². The number of carbonyl (C=O) groups is 6. The number of amides is 6. The molecule has 92 heavy (non-hydrogen) atoms. The van der Waals surface area contributed by atoms with Crippen molar-refractivity contribution >= 4 is 80.9 Å². The Morgan fingerprint density at radius 1 is 0.250 bits per heavy atom. The van der Waals surface area contributed by atoms with Gasteiger partial charge < -0.3 is 81.3 Å². The Morgan fingerprint density at radius 3 is 0.554 bits per heavy atom. The zero-order valence-electron chi connectivity index (χ0n) is 51.2. The van der Waals surface area contributed by atoms with Gasteiger partial charge in [0.05, 0.1) is 45.5 Å². The van der Waals surface area contributed by atoms with Gasteiger partial charge in [-0.3, -0.25) is 28.8 Å². The van der Waals surface area contributed by atoms with E-state index in [0.29, 0.717) is 90.5 Å². The highest BCUT2D eigenvalue weighted by molar-refractivity contribution is 6.03. The van der Waals surface area contributed by atoms with E-state index in [1.54, 1.807) is 114 Å². The molecule has 13 rings (SSSR count). The quantitative estimate of drug-likeness (QED) is 0.0527. The number of nitrogen functional groups attached to an aromatic ring is 2. The second kappa shape index (κ2) is 24.2. The van der Waals surface area contributed by atoms with E-state index < -0.39 is 0 Å². The molecule has 8 aromatic carbocycles. The standard InChI is InChI=1S/C70H64N8O14/c1-7-65(79)73-43-23-59-61(25-45(43)75-67(81)9-3)89-53-31-55-39-18-37(53)16-35-14-33-13-34-15-36-17-38-19-40(20-39)56(92-64-28-48(78-70(84)12-6)47(27-63(64)91-55)77-69(83)11-5)32-54(38)90-62-26-46(76-68(82)10-4)44(74-66(80)8-2)24-60(62)88-52(36)30-50(34)86-58-22-42(72)41(71)21-57(58)85-49(33)29-51(35)87-59/h14-15,18-19,21-32H,7-13,16-17,20,71-72H2,1-6H3,(H,73,79)(H,74,80)(H,75,81)(H,76,82)(H,77,83)(H,78,84). The average Bonchev–Trinajstić information content (AvgIpc) is 1.56. The molecule has 6 amide bonds. The zero-order valence-corrected chi connectivity index (χ0v) is 51.2. The first-order chi connectivity index (χ1) is 44.4. The number of rotatable bonds is 12. The Hall–Kier alpha value is -11.4. The molecular weight excluding hydrogens is 1180 g/mol. The van der Waals surface area contributed by atoms with Crippen LogP contribution in [0.5, 0.6) is 92.0 Å². The summed E-state index contributed by atoms with van der Waals surface area (Å²) < 4.78 is 56.2. The summed E-state index contributed by atoms with van der Waals surface area (Å²) in [6.45, 7) is 10.3. The van der Waals surface area contributed by atoms with Crippen LogP contribution >= 0.6 is 0 Å². The van der Waals surface area contributed by atoms with E-state index >= 15 is 0 Å². The molecule has 0 unspecified atom stereocenters. The topological polar surface area (TPSA) is 300 Å². The lowest BCUT2D eigenvalue weighted by Crippen LogP contribution is -2.15. The molecule has 0 saturated heterocycles. The van der Waals surface area contributed by atoms with E-state index in [-0.39, 0.29) is 191 Å². The third kappa shape index (κ3) is 11.8. The van der Waals surface area contributed by atoms with Gasteiger partial charge in [-0.1, -0.05) is 41.5 Å². The SMILES string of the molecule is CCC(=O)Nc1cc2c(cc1NC(=O)CC)Oc1cc3c4cc1Cc1cc5c(cc1O2)Oc1cc(N)c(N)cc1Oc1cc2c(cc1C5)Cc1cc(c(cc1Oc1cc(NC(=O)CC)c(NC(=O)CC)cc1O2)Oc1cc(NC(=O)CC)c(NC(=O)CC)cc1O3)C4. The van der Waals surface area contributed by atoms with Gasteiger partial charge in [0.2, 0.25) is 35.4 Å². The van der Waals surface area contributed by atoms with Gasteiger partial charge in [-0.2, -0.15) is 0 Å². The number of benzene rings is 8. The lowest BCUT2D eigenvalue weighted by atomic mass is 9.91. The van der Waals surface area contributed by atoms with Gasteiger partial charge in [0.1, 0.15) is 46.0 Å². The molecule has 22 heteroatoms. The van der Waals surface area contributed by atoms with Crippen molar-refractivity contribution in [1.29, 1.82) is 0 Å². The van der Waals surface area contributed by atoms with Crippen LogP contribution in [0.15, 0.2) is 97.1 Å². The fourth-order valence-electron chi connectivity index (χ4n) is 11.2. The summed E-state index contributed by atoms with van der Waals surface area (Å²) in [7, 11) is 0. The monoisotopic (exact) mass is 1240 g/mol. The van der Waals surface area contributed by atoms with E-state index in [2.05, 4.69) is 31.9 Å². The molecule has 0 aromatic heterocycles. The van der Waals surface area contributed by atoms with Gasteiger partial charge in [0.25, 0.3) is 0 Å². The summed E-state index contributed by atoms with van der Waals surface area (Å²) in [5, 5.41) is 17.6. The van der Waals surface area contributed by atoms with Crippen LogP contribution in [0, 0.1) is 0 Å². The Labute approximate surface area is 528 Å². The summed E-state index contributed by atoms with van der Waals surface area (Å²) >= 11 is 0. The number of nitrogens with one attached hydrogen (secondary N) is 6. The zero-order chi connectivity index (χ0) is 64.2. The summed E-state index contributed by atoms with van der Waals surface area (Å²) in [6, 6.07) is 27.8. The van der Waals surface area contributed by atoms with E-state index in [9.17, 15) is 28.8 Å². The maximum Gasteiger partial charge on any atom is 0.224 e. The number of hydrogen-bond acceptors (Lipinski definition) is 16. The Bertz CT molecular complexity index is 4220. The van der Waals surface area contributed by atoms with Gasteiger partial charge in [-0.25, -0.2) is 0 Å². The molecule has 22 nitrogen and oxygen atoms in total. The van der Waals surface area contributed by atoms with Gasteiger partial charge in [-0.05, 0) is 68.8 Å². The predicted octanol–water partition coefficient (Wildman–Crippen LogP) is 15.2.